The minimum absolute atomic E-state index is 0.677. The van der Waals surface area contributed by atoms with Crippen molar-refractivity contribution in [1.82, 2.24) is 10.6 Å². The summed E-state index contributed by atoms with van der Waals surface area (Å²) < 4.78 is 0. The molecule has 0 radical (unpaired) electrons. The first kappa shape index (κ1) is 9.01. The summed E-state index contributed by atoms with van der Waals surface area (Å²) in [4.78, 5) is 0. The topological polar surface area (TPSA) is 24.1 Å². The van der Waals surface area contributed by atoms with Crippen molar-refractivity contribution in [1.29, 1.82) is 0 Å². The van der Waals surface area contributed by atoms with Gasteiger partial charge in [0, 0.05) is 25.2 Å². The monoisotopic (exact) mass is 156 g/mol. The van der Waals surface area contributed by atoms with Crippen LogP contribution in [0.2, 0.25) is 0 Å². The van der Waals surface area contributed by atoms with Crippen molar-refractivity contribution in [3.63, 3.8) is 0 Å². The van der Waals surface area contributed by atoms with E-state index >= 15 is 0 Å². The van der Waals surface area contributed by atoms with E-state index in [4.69, 9.17) is 0 Å². The minimum Gasteiger partial charge on any atom is -0.313 e. The van der Waals surface area contributed by atoms with Crippen molar-refractivity contribution in [2.24, 2.45) is 0 Å². The van der Waals surface area contributed by atoms with Crippen molar-refractivity contribution in [3.05, 3.63) is 0 Å². The summed E-state index contributed by atoms with van der Waals surface area (Å²) >= 11 is 0. The third-order valence-corrected chi connectivity index (χ3v) is 2.24. The molecule has 0 aromatic rings. The van der Waals surface area contributed by atoms with Crippen LogP contribution in [0.1, 0.15) is 33.1 Å². The molecule has 1 atom stereocenters. The maximum Gasteiger partial charge on any atom is 0.00794 e. The van der Waals surface area contributed by atoms with Crippen LogP contribution in [0.5, 0.6) is 0 Å². The smallest absolute Gasteiger partial charge is 0.00794 e. The van der Waals surface area contributed by atoms with Gasteiger partial charge in [-0.1, -0.05) is 6.92 Å². The van der Waals surface area contributed by atoms with Crippen molar-refractivity contribution in [2.45, 2.75) is 45.2 Å². The highest BCUT2D eigenvalue weighted by atomic mass is 15.0. The van der Waals surface area contributed by atoms with E-state index in [2.05, 4.69) is 24.5 Å². The lowest BCUT2D eigenvalue weighted by Gasteiger charge is -2.10. The molecule has 0 bridgehead atoms. The Balaban J connectivity index is 1.79. The molecular formula is C9H20N2. The van der Waals surface area contributed by atoms with Crippen LogP contribution in [-0.4, -0.2) is 25.2 Å². The van der Waals surface area contributed by atoms with Crippen LogP contribution < -0.4 is 10.6 Å². The lowest BCUT2D eigenvalue weighted by molar-refractivity contribution is 0.516. The Morgan fingerprint density at radius 3 is 2.64 bits per heavy atom. The molecule has 0 amide bonds. The minimum atomic E-state index is 0.677. The highest BCUT2D eigenvalue weighted by Gasteiger charge is 2.19. The molecule has 1 aliphatic rings. The lowest BCUT2D eigenvalue weighted by atomic mass is 10.3. The van der Waals surface area contributed by atoms with Crippen LogP contribution in [0.25, 0.3) is 0 Å². The fourth-order valence-corrected chi connectivity index (χ4v) is 1.03. The van der Waals surface area contributed by atoms with E-state index in [0.717, 1.165) is 19.1 Å². The van der Waals surface area contributed by atoms with Crippen molar-refractivity contribution < 1.29 is 0 Å². The van der Waals surface area contributed by atoms with E-state index in [9.17, 15) is 0 Å². The van der Waals surface area contributed by atoms with Gasteiger partial charge in [0.25, 0.3) is 0 Å². The summed E-state index contributed by atoms with van der Waals surface area (Å²) in [5.74, 6) is 0. The zero-order chi connectivity index (χ0) is 8.10. The summed E-state index contributed by atoms with van der Waals surface area (Å²) in [5.41, 5.74) is 0. The molecule has 0 aromatic heterocycles. The van der Waals surface area contributed by atoms with Crippen LogP contribution in [-0.2, 0) is 0 Å². The van der Waals surface area contributed by atoms with Crippen molar-refractivity contribution in [2.75, 3.05) is 13.1 Å². The first-order chi connectivity index (χ1) is 5.33. The molecule has 0 spiro atoms. The molecule has 2 N–H and O–H groups in total. The third-order valence-electron chi connectivity index (χ3n) is 2.24. The molecule has 1 fully saturated rings. The number of hydrogen-bond donors (Lipinski definition) is 2. The summed E-state index contributed by atoms with van der Waals surface area (Å²) in [7, 11) is 0. The molecule has 0 aromatic carbocycles. The second-order valence-electron chi connectivity index (χ2n) is 3.49. The third kappa shape index (κ3) is 4.38. The number of nitrogens with one attached hydrogen (secondary N) is 2. The largest absolute Gasteiger partial charge is 0.313 e. The molecule has 2 nitrogen and oxygen atoms in total. The first-order valence-corrected chi connectivity index (χ1v) is 4.79. The SMILES string of the molecule is CCC(C)NCCNC1CC1. The molecule has 66 valence electrons. The zero-order valence-corrected chi connectivity index (χ0v) is 7.69. The highest BCUT2D eigenvalue weighted by molar-refractivity contribution is 4.80. The van der Waals surface area contributed by atoms with Gasteiger partial charge in [-0.15, -0.1) is 0 Å². The standard InChI is InChI=1S/C9H20N2/c1-3-8(2)10-6-7-11-9-4-5-9/h8-11H,3-7H2,1-2H3. The average Bonchev–Trinajstić information content (AvgIpc) is 2.81. The molecule has 0 aliphatic heterocycles. The Bertz CT molecular complexity index is 99.7. The van der Waals surface area contributed by atoms with Crippen molar-refractivity contribution in [3.8, 4) is 0 Å². The molecule has 0 heterocycles. The summed E-state index contributed by atoms with van der Waals surface area (Å²) in [6.45, 7) is 6.70. The molecular weight excluding hydrogens is 136 g/mol. The maximum absolute atomic E-state index is 3.47. The van der Waals surface area contributed by atoms with Gasteiger partial charge in [-0.25, -0.2) is 0 Å². The predicted molar refractivity (Wildman–Crippen MR) is 48.8 cm³/mol. The van der Waals surface area contributed by atoms with Gasteiger partial charge in [0.15, 0.2) is 0 Å². The van der Waals surface area contributed by atoms with Gasteiger partial charge >= 0.3 is 0 Å². The molecule has 0 saturated heterocycles. The first-order valence-electron chi connectivity index (χ1n) is 4.79. The Morgan fingerprint density at radius 2 is 2.09 bits per heavy atom. The van der Waals surface area contributed by atoms with E-state index < -0.39 is 0 Å². The second kappa shape index (κ2) is 4.73. The zero-order valence-electron chi connectivity index (χ0n) is 7.69. The second-order valence-corrected chi connectivity index (χ2v) is 3.49. The summed E-state index contributed by atoms with van der Waals surface area (Å²) in [6, 6.07) is 1.53. The number of rotatable bonds is 6. The highest BCUT2D eigenvalue weighted by Crippen LogP contribution is 2.17. The summed E-state index contributed by atoms with van der Waals surface area (Å²) in [5, 5.41) is 6.93. The lowest BCUT2D eigenvalue weighted by Crippen LogP contribution is -2.33. The Labute approximate surface area is 69.8 Å². The van der Waals surface area contributed by atoms with Crippen LogP contribution >= 0.6 is 0 Å². The Kier molecular flexibility index (Phi) is 3.87. The molecule has 1 unspecified atom stereocenters. The quantitative estimate of drug-likeness (QED) is 0.563. The number of hydrogen-bond acceptors (Lipinski definition) is 2. The molecule has 1 aliphatic carbocycles. The average molecular weight is 156 g/mol. The predicted octanol–water partition coefficient (Wildman–Crippen LogP) is 1.13. The van der Waals surface area contributed by atoms with Crippen LogP contribution in [0.4, 0.5) is 0 Å². The fraction of sp³-hybridized carbons (Fsp3) is 1.00. The Morgan fingerprint density at radius 1 is 1.36 bits per heavy atom. The van der Waals surface area contributed by atoms with Gasteiger partial charge in [-0.05, 0) is 26.2 Å². The van der Waals surface area contributed by atoms with Crippen LogP contribution in [0.3, 0.4) is 0 Å². The molecule has 2 heteroatoms. The van der Waals surface area contributed by atoms with E-state index in [1.54, 1.807) is 0 Å². The molecule has 11 heavy (non-hydrogen) atoms. The summed E-state index contributed by atoms with van der Waals surface area (Å²) in [6.07, 6.45) is 4.01. The van der Waals surface area contributed by atoms with E-state index in [1.807, 2.05) is 0 Å². The molecule has 1 saturated carbocycles. The normalized spacial score (nSPS) is 20.2. The van der Waals surface area contributed by atoms with Gasteiger partial charge in [0.2, 0.25) is 0 Å². The van der Waals surface area contributed by atoms with Gasteiger partial charge in [0.1, 0.15) is 0 Å². The maximum atomic E-state index is 3.47. The van der Waals surface area contributed by atoms with E-state index in [-0.39, 0.29) is 0 Å². The fourth-order valence-electron chi connectivity index (χ4n) is 1.03. The van der Waals surface area contributed by atoms with Gasteiger partial charge in [0.05, 0.1) is 0 Å². The van der Waals surface area contributed by atoms with Crippen molar-refractivity contribution >= 4 is 0 Å². The van der Waals surface area contributed by atoms with E-state index in [0.29, 0.717) is 6.04 Å². The van der Waals surface area contributed by atoms with Crippen LogP contribution in [0, 0.1) is 0 Å². The van der Waals surface area contributed by atoms with Gasteiger partial charge in [-0.2, -0.15) is 0 Å². The molecule has 1 rings (SSSR count). The van der Waals surface area contributed by atoms with Crippen LogP contribution in [0.15, 0.2) is 0 Å². The van der Waals surface area contributed by atoms with E-state index in [1.165, 1.54) is 19.3 Å². The van der Waals surface area contributed by atoms with Gasteiger partial charge in [-0.3, -0.25) is 0 Å². The van der Waals surface area contributed by atoms with Gasteiger partial charge < -0.3 is 10.6 Å². The Hall–Kier alpha value is -0.0800.